The lowest BCUT2D eigenvalue weighted by molar-refractivity contribution is -0.169. The quantitative estimate of drug-likeness (QED) is 0.630. The summed E-state index contributed by atoms with van der Waals surface area (Å²) in [7, 11) is -3.92. The highest BCUT2D eigenvalue weighted by Gasteiger charge is 2.17. The third kappa shape index (κ3) is 4.75. The van der Waals surface area contributed by atoms with Crippen molar-refractivity contribution >= 4 is 21.0 Å². The van der Waals surface area contributed by atoms with Crippen molar-refractivity contribution in [2.75, 3.05) is 6.61 Å². The zero-order valence-corrected chi connectivity index (χ0v) is 17.0. The van der Waals surface area contributed by atoms with Crippen LogP contribution in [0.1, 0.15) is 30.4 Å². The highest BCUT2D eigenvalue weighted by molar-refractivity contribution is 7.90. The lowest BCUT2D eigenvalue weighted by atomic mass is 10.2. The van der Waals surface area contributed by atoms with E-state index in [1.165, 1.54) is 0 Å². The summed E-state index contributed by atoms with van der Waals surface area (Å²) in [5, 5.41) is 0.849. The van der Waals surface area contributed by atoms with Crippen LogP contribution < -0.4 is 5.55 Å². The van der Waals surface area contributed by atoms with E-state index in [9.17, 15) is 8.42 Å². The van der Waals surface area contributed by atoms with Crippen LogP contribution in [0.25, 0.3) is 11.0 Å². The van der Waals surface area contributed by atoms with E-state index in [2.05, 4.69) is 4.40 Å². The van der Waals surface area contributed by atoms with Gasteiger partial charge in [-0.25, -0.2) is 0 Å². The Hall–Kier alpha value is -2.48. The molecule has 7 heteroatoms. The van der Waals surface area contributed by atoms with Crippen LogP contribution in [0.2, 0.25) is 0 Å². The average molecular weight is 413 g/mol. The van der Waals surface area contributed by atoms with E-state index in [0.29, 0.717) is 17.8 Å². The van der Waals surface area contributed by atoms with Crippen molar-refractivity contribution < 1.29 is 22.3 Å². The molecule has 1 aliphatic rings. The second kappa shape index (κ2) is 8.49. The minimum absolute atomic E-state index is 0.0279. The van der Waals surface area contributed by atoms with E-state index in [0.717, 1.165) is 30.2 Å². The van der Waals surface area contributed by atoms with E-state index in [-0.39, 0.29) is 23.3 Å². The molecule has 4 rings (SSSR count). The summed E-state index contributed by atoms with van der Waals surface area (Å²) in [6, 6.07) is 15.8. The largest absolute Gasteiger partial charge is 0.437 e. The SMILES string of the molecule is Cc1ccc(S(=O)(=O)/N=c2/oc3ccccc3cc2COC2CCCCO2)cc1. The van der Waals surface area contributed by atoms with Crippen LogP contribution in [-0.4, -0.2) is 21.3 Å². The summed E-state index contributed by atoms with van der Waals surface area (Å²) in [6.45, 7) is 2.72. The van der Waals surface area contributed by atoms with Gasteiger partial charge in [0.15, 0.2) is 6.29 Å². The van der Waals surface area contributed by atoms with Gasteiger partial charge in [0, 0.05) is 17.6 Å². The van der Waals surface area contributed by atoms with Gasteiger partial charge in [0.05, 0.1) is 11.5 Å². The predicted octanol–water partition coefficient (Wildman–Crippen LogP) is 4.07. The van der Waals surface area contributed by atoms with Crippen LogP contribution in [0.3, 0.4) is 0 Å². The zero-order valence-electron chi connectivity index (χ0n) is 16.2. The normalized spacial score (nSPS) is 18.2. The summed E-state index contributed by atoms with van der Waals surface area (Å²) in [4.78, 5) is 0.119. The van der Waals surface area contributed by atoms with E-state index in [1.807, 2.05) is 31.2 Å². The molecule has 0 amide bonds. The van der Waals surface area contributed by atoms with Gasteiger partial charge in [-0.05, 0) is 50.5 Å². The summed E-state index contributed by atoms with van der Waals surface area (Å²) in [5.41, 5.74) is 2.12. The highest BCUT2D eigenvalue weighted by Crippen LogP contribution is 2.18. The zero-order chi connectivity index (χ0) is 20.3. The molecule has 152 valence electrons. The van der Waals surface area contributed by atoms with Gasteiger partial charge in [-0.15, -0.1) is 4.40 Å². The van der Waals surface area contributed by atoms with Gasteiger partial charge in [0.1, 0.15) is 5.58 Å². The summed E-state index contributed by atoms with van der Waals surface area (Å²) in [5.74, 6) is 0. The van der Waals surface area contributed by atoms with E-state index >= 15 is 0 Å². The number of fused-ring (bicyclic) bond motifs is 1. The van der Waals surface area contributed by atoms with Crippen molar-refractivity contribution in [2.45, 2.75) is 44.0 Å². The molecule has 0 bridgehead atoms. The van der Waals surface area contributed by atoms with Crippen molar-refractivity contribution in [3.05, 3.63) is 71.3 Å². The Morgan fingerprint density at radius 3 is 2.66 bits per heavy atom. The second-order valence-corrected chi connectivity index (χ2v) is 8.71. The number of hydrogen-bond acceptors (Lipinski definition) is 5. The molecule has 0 aliphatic carbocycles. The van der Waals surface area contributed by atoms with E-state index < -0.39 is 10.0 Å². The third-order valence-electron chi connectivity index (χ3n) is 4.81. The van der Waals surface area contributed by atoms with Gasteiger partial charge < -0.3 is 13.9 Å². The van der Waals surface area contributed by atoms with Crippen LogP contribution in [0.4, 0.5) is 0 Å². The molecule has 1 aromatic heterocycles. The molecule has 0 spiro atoms. The van der Waals surface area contributed by atoms with Gasteiger partial charge in [-0.3, -0.25) is 0 Å². The molecular weight excluding hydrogens is 390 g/mol. The van der Waals surface area contributed by atoms with Crippen LogP contribution in [0.15, 0.2) is 68.3 Å². The fourth-order valence-corrected chi connectivity index (χ4v) is 4.15. The lowest BCUT2D eigenvalue weighted by Gasteiger charge is -2.22. The Bertz CT molecular complexity index is 1160. The first-order valence-corrected chi connectivity index (χ1v) is 11.1. The third-order valence-corrected chi connectivity index (χ3v) is 6.09. The van der Waals surface area contributed by atoms with Crippen LogP contribution in [-0.2, 0) is 26.1 Å². The predicted molar refractivity (Wildman–Crippen MR) is 109 cm³/mol. The molecule has 2 aromatic carbocycles. The van der Waals surface area contributed by atoms with Crippen molar-refractivity contribution in [1.82, 2.24) is 0 Å². The Kier molecular flexibility index (Phi) is 5.80. The lowest BCUT2D eigenvalue weighted by Crippen LogP contribution is -2.24. The Labute approximate surface area is 169 Å². The molecule has 2 heterocycles. The van der Waals surface area contributed by atoms with Crippen LogP contribution in [0, 0.1) is 6.92 Å². The molecule has 1 saturated heterocycles. The Morgan fingerprint density at radius 2 is 1.90 bits per heavy atom. The van der Waals surface area contributed by atoms with Crippen LogP contribution in [0.5, 0.6) is 0 Å². The maximum absolute atomic E-state index is 12.8. The second-order valence-electron chi connectivity index (χ2n) is 7.10. The fourth-order valence-electron chi connectivity index (χ4n) is 3.19. The Morgan fingerprint density at radius 1 is 1.10 bits per heavy atom. The molecule has 0 radical (unpaired) electrons. The first-order chi connectivity index (χ1) is 14.0. The highest BCUT2D eigenvalue weighted by atomic mass is 32.2. The van der Waals surface area contributed by atoms with E-state index in [4.69, 9.17) is 13.9 Å². The molecule has 1 aliphatic heterocycles. The van der Waals surface area contributed by atoms with Crippen molar-refractivity contribution in [3.63, 3.8) is 0 Å². The number of sulfonamides is 1. The van der Waals surface area contributed by atoms with E-state index in [1.54, 1.807) is 30.3 Å². The van der Waals surface area contributed by atoms with Crippen molar-refractivity contribution in [2.24, 2.45) is 4.40 Å². The first-order valence-electron chi connectivity index (χ1n) is 9.64. The molecule has 0 N–H and O–H groups in total. The molecule has 1 atom stereocenters. The minimum Gasteiger partial charge on any atom is -0.437 e. The summed E-state index contributed by atoms with van der Waals surface area (Å²) < 4.78 is 46.9. The Balaban J connectivity index is 1.74. The van der Waals surface area contributed by atoms with Gasteiger partial charge in [-0.1, -0.05) is 35.9 Å². The van der Waals surface area contributed by atoms with Gasteiger partial charge in [-0.2, -0.15) is 8.42 Å². The average Bonchev–Trinajstić information content (AvgIpc) is 2.73. The van der Waals surface area contributed by atoms with Gasteiger partial charge in [0.2, 0.25) is 5.55 Å². The number of hydrogen-bond donors (Lipinski definition) is 0. The number of benzene rings is 2. The molecule has 3 aromatic rings. The minimum atomic E-state index is -3.92. The van der Waals surface area contributed by atoms with Gasteiger partial charge >= 0.3 is 0 Å². The molecule has 1 fully saturated rings. The standard InChI is InChI=1S/C22H23NO5S/c1-16-9-11-19(12-10-16)29(24,25)23-22-18(15-27-21-8-4-5-13-26-21)14-17-6-2-3-7-20(17)28-22/h2-3,6-7,9-12,14,21H,4-5,8,13,15H2,1H3/b23-22+. The van der Waals surface area contributed by atoms with Crippen LogP contribution >= 0.6 is 0 Å². The smallest absolute Gasteiger partial charge is 0.285 e. The van der Waals surface area contributed by atoms with Gasteiger partial charge in [0.25, 0.3) is 10.0 Å². The summed E-state index contributed by atoms with van der Waals surface area (Å²) in [6.07, 6.45) is 2.60. The molecule has 0 saturated carbocycles. The molecule has 29 heavy (non-hydrogen) atoms. The topological polar surface area (TPSA) is 78.1 Å². The number of nitrogens with zero attached hydrogens (tertiary/aromatic N) is 1. The van der Waals surface area contributed by atoms with Crippen molar-refractivity contribution in [3.8, 4) is 0 Å². The summed E-state index contributed by atoms with van der Waals surface area (Å²) >= 11 is 0. The molecular formula is C22H23NO5S. The number of para-hydroxylation sites is 1. The number of rotatable bonds is 5. The first kappa shape index (κ1) is 19.8. The fraction of sp³-hybridized carbons (Fsp3) is 0.318. The maximum atomic E-state index is 12.8. The number of aryl methyl sites for hydroxylation is 1. The monoisotopic (exact) mass is 413 g/mol. The molecule has 6 nitrogen and oxygen atoms in total. The maximum Gasteiger partial charge on any atom is 0.285 e. The molecule has 1 unspecified atom stereocenters. The van der Waals surface area contributed by atoms with Crippen molar-refractivity contribution in [1.29, 1.82) is 0 Å². The number of ether oxygens (including phenoxy) is 2.